The molecule has 0 aliphatic carbocycles. The number of carbonyl (C=O) groups is 2. The van der Waals surface area contributed by atoms with E-state index in [1.54, 1.807) is 12.2 Å². The maximum atomic E-state index is 12.5. The lowest BCUT2D eigenvalue weighted by Gasteiger charge is -2.19. The van der Waals surface area contributed by atoms with Gasteiger partial charge in [0.1, 0.15) is 12.4 Å². The van der Waals surface area contributed by atoms with Crippen molar-refractivity contribution in [2.45, 2.75) is 6.18 Å². The Morgan fingerprint density at radius 2 is 1.65 bits per heavy atom. The minimum absolute atomic E-state index is 0.219. The minimum Gasteiger partial charge on any atom is -0.492 e. The molecule has 26 heavy (non-hydrogen) atoms. The lowest BCUT2D eigenvalue weighted by molar-refractivity contribution is -0.159. The number of alkyl halides is 3. The number of hydrogen-bond acceptors (Lipinski definition) is 4. The van der Waals surface area contributed by atoms with Gasteiger partial charge >= 0.3 is 18.1 Å². The van der Waals surface area contributed by atoms with Crippen molar-refractivity contribution in [3.8, 4) is 5.75 Å². The molecule has 0 spiro atoms. The Kier molecular flexibility index (Phi) is 10.4. The van der Waals surface area contributed by atoms with E-state index in [0.717, 1.165) is 12.1 Å². The largest absolute Gasteiger partial charge is 0.492 e. The van der Waals surface area contributed by atoms with Crippen LogP contribution in [0.4, 0.5) is 13.2 Å². The van der Waals surface area contributed by atoms with Crippen LogP contribution in [0.3, 0.4) is 0 Å². The SMILES string of the molecule is C=CCN(CC=C)CCOc1cccc(C(F)(F)F)c1.O=C(O)C(=O)O. The Morgan fingerprint density at radius 3 is 2.08 bits per heavy atom. The van der Waals surface area contributed by atoms with Crippen molar-refractivity contribution in [2.24, 2.45) is 0 Å². The molecule has 0 aliphatic heterocycles. The van der Waals surface area contributed by atoms with Crippen LogP contribution in [0.5, 0.6) is 5.75 Å². The third kappa shape index (κ3) is 10.1. The first-order chi connectivity index (χ1) is 12.1. The average molecular weight is 375 g/mol. The Morgan fingerprint density at radius 1 is 1.12 bits per heavy atom. The number of benzene rings is 1. The Balaban J connectivity index is 0.000000896. The normalized spacial score (nSPS) is 10.5. The monoisotopic (exact) mass is 375 g/mol. The van der Waals surface area contributed by atoms with Gasteiger partial charge in [0.25, 0.3) is 0 Å². The van der Waals surface area contributed by atoms with E-state index in [4.69, 9.17) is 24.5 Å². The molecule has 0 heterocycles. The molecule has 0 aromatic heterocycles. The van der Waals surface area contributed by atoms with Gasteiger partial charge in [0.15, 0.2) is 0 Å². The van der Waals surface area contributed by atoms with Crippen LogP contribution in [0.25, 0.3) is 0 Å². The van der Waals surface area contributed by atoms with E-state index >= 15 is 0 Å². The third-order valence-corrected chi connectivity index (χ3v) is 2.80. The highest BCUT2D eigenvalue weighted by Crippen LogP contribution is 2.31. The number of carboxylic acids is 2. The molecule has 0 aliphatic rings. The van der Waals surface area contributed by atoms with Crippen molar-refractivity contribution < 1.29 is 37.7 Å². The number of halogens is 3. The second kappa shape index (κ2) is 11.7. The predicted octanol–water partition coefficient (Wildman–Crippen LogP) is 2.91. The molecule has 9 heteroatoms. The Bertz CT molecular complexity index is 595. The second-order valence-electron chi connectivity index (χ2n) is 4.82. The summed E-state index contributed by atoms with van der Waals surface area (Å²) in [4.78, 5) is 20.2. The number of aliphatic carboxylic acids is 2. The van der Waals surface area contributed by atoms with Gasteiger partial charge in [-0.3, -0.25) is 4.90 Å². The zero-order valence-corrected chi connectivity index (χ0v) is 13.9. The number of ether oxygens (including phenoxy) is 1. The van der Waals surface area contributed by atoms with Gasteiger partial charge < -0.3 is 14.9 Å². The zero-order valence-electron chi connectivity index (χ0n) is 13.9. The van der Waals surface area contributed by atoms with E-state index < -0.39 is 23.7 Å². The quantitative estimate of drug-likeness (QED) is 0.537. The van der Waals surface area contributed by atoms with Gasteiger partial charge in [-0.1, -0.05) is 18.2 Å². The highest BCUT2D eigenvalue weighted by atomic mass is 19.4. The van der Waals surface area contributed by atoms with Crippen molar-refractivity contribution in [3.05, 3.63) is 55.1 Å². The fraction of sp³-hybridized carbons (Fsp3) is 0.294. The molecule has 144 valence electrons. The smallest absolute Gasteiger partial charge is 0.416 e. The molecule has 0 unspecified atom stereocenters. The molecular formula is C17H20F3NO5. The van der Waals surface area contributed by atoms with E-state index in [0.29, 0.717) is 26.2 Å². The number of carboxylic acid groups (broad SMARTS) is 2. The summed E-state index contributed by atoms with van der Waals surface area (Å²) in [5.41, 5.74) is -0.705. The van der Waals surface area contributed by atoms with Crippen molar-refractivity contribution in [1.29, 1.82) is 0 Å². The van der Waals surface area contributed by atoms with Crippen LogP contribution >= 0.6 is 0 Å². The van der Waals surface area contributed by atoms with E-state index in [9.17, 15) is 13.2 Å². The first-order valence-electron chi connectivity index (χ1n) is 7.32. The summed E-state index contributed by atoms with van der Waals surface area (Å²) in [6.45, 7) is 9.55. The zero-order chi connectivity index (χ0) is 20.2. The fourth-order valence-electron chi connectivity index (χ4n) is 1.68. The molecule has 0 bridgehead atoms. The Hall–Kier alpha value is -2.81. The summed E-state index contributed by atoms with van der Waals surface area (Å²) >= 11 is 0. The van der Waals surface area contributed by atoms with E-state index in [1.165, 1.54) is 12.1 Å². The number of nitrogens with zero attached hydrogens (tertiary/aromatic N) is 1. The average Bonchev–Trinajstić information content (AvgIpc) is 2.55. The van der Waals surface area contributed by atoms with Gasteiger partial charge in [-0.2, -0.15) is 13.2 Å². The van der Waals surface area contributed by atoms with Crippen LogP contribution in [0.1, 0.15) is 5.56 Å². The molecule has 0 atom stereocenters. The van der Waals surface area contributed by atoms with E-state index in [-0.39, 0.29) is 5.75 Å². The first-order valence-corrected chi connectivity index (χ1v) is 7.32. The Labute approximate surface area is 148 Å². The fourth-order valence-corrected chi connectivity index (χ4v) is 1.68. The molecule has 0 amide bonds. The molecule has 1 rings (SSSR count). The van der Waals surface area contributed by atoms with E-state index in [1.807, 2.05) is 4.90 Å². The molecule has 0 saturated heterocycles. The van der Waals surface area contributed by atoms with Gasteiger partial charge in [-0.25, -0.2) is 9.59 Å². The van der Waals surface area contributed by atoms with Crippen LogP contribution in [0.15, 0.2) is 49.6 Å². The van der Waals surface area contributed by atoms with Gasteiger partial charge in [0.05, 0.1) is 5.56 Å². The van der Waals surface area contributed by atoms with Crippen LogP contribution in [-0.2, 0) is 15.8 Å². The molecule has 0 radical (unpaired) electrons. The standard InChI is InChI=1S/C15H18F3NO.C2H2O4/c1-3-8-19(9-4-2)10-11-20-14-7-5-6-13(12-14)15(16,17)18;3-1(4)2(5)6/h3-7,12H,1-2,8-11H2;(H,3,4)(H,5,6). The van der Waals surface area contributed by atoms with Crippen molar-refractivity contribution in [3.63, 3.8) is 0 Å². The van der Waals surface area contributed by atoms with Crippen LogP contribution in [0.2, 0.25) is 0 Å². The van der Waals surface area contributed by atoms with Gasteiger partial charge in [0.2, 0.25) is 0 Å². The summed E-state index contributed by atoms with van der Waals surface area (Å²) < 4.78 is 43.0. The van der Waals surface area contributed by atoms with Crippen LogP contribution in [0, 0.1) is 0 Å². The van der Waals surface area contributed by atoms with Gasteiger partial charge in [-0.05, 0) is 18.2 Å². The highest BCUT2D eigenvalue weighted by molar-refractivity contribution is 6.27. The van der Waals surface area contributed by atoms with Crippen molar-refractivity contribution >= 4 is 11.9 Å². The molecule has 0 fully saturated rings. The maximum Gasteiger partial charge on any atom is 0.416 e. The topological polar surface area (TPSA) is 87.1 Å². The summed E-state index contributed by atoms with van der Waals surface area (Å²) in [6.07, 6.45) is -0.835. The summed E-state index contributed by atoms with van der Waals surface area (Å²) in [5, 5.41) is 14.8. The first kappa shape index (κ1) is 23.2. The second-order valence-corrected chi connectivity index (χ2v) is 4.82. The summed E-state index contributed by atoms with van der Waals surface area (Å²) in [5.74, 6) is -3.43. The highest BCUT2D eigenvalue weighted by Gasteiger charge is 2.30. The maximum absolute atomic E-state index is 12.5. The number of hydrogen-bond donors (Lipinski definition) is 2. The molecule has 1 aromatic carbocycles. The van der Waals surface area contributed by atoms with Crippen LogP contribution in [-0.4, -0.2) is 53.3 Å². The molecule has 1 aromatic rings. The van der Waals surface area contributed by atoms with E-state index in [2.05, 4.69) is 13.2 Å². The van der Waals surface area contributed by atoms with Crippen molar-refractivity contribution in [1.82, 2.24) is 4.90 Å². The third-order valence-electron chi connectivity index (χ3n) is 2.80. The minimum atomic E-state index is -4.35. The molecule has 2 N–H and O–H groups in total. The van der Waals surface area contributed by atoms with Crippen molar-refractivity contribution in [2.75, 3.05) is 26.2 Å². The molecule has 0 saturated carbocycles. The predicted molar refractivity (Wildman–Crippen MR) is 89.0 cm³/mol. The summed E-state index contributed by atoms with van der Waals surface area (Å²) in [7, 11) is 0. The lowest BCUT2D eigenvalue weighted by Crippen LogP contribution is -2.28. The van der Waals surface area contributed by atoms with Crippen LogP contribution < -0.4 is 4.74 Å². The number of rotatable bonds is 8. The summed E-state index contributed by atoms with van der Waals surface area (Å²) in [6, 6.07) is 4.88. The molecule has 6 nitrogen and oxygen atoms in total. The van der Waals surface area contributed by atoms with Gasteiger partial charge in [-0.15, -0.1) is 13.2 Å². The lowest BCUT2D eigenvalue weighted by atomic mass is 10.2. The van der Waals surface area contributed by atoms with Gasteiger partial charge in [0, 0.05) is 19.6 Å². The molecular weight excluding hydrogens is 355 g/mol.